The van der Waals surface area contributed by atoms with Crippen LogP contribution in [0.1, 0.15) is 25.3 Å². The number of hydrogen-bond acceptors (Lipinski definition) is 3. The molecule has 0 aliphatic carbocycles. The molecule has 0 radical (unpaired) electrons. The third kappa shape index (κ3) is 5.70. The summed E-state index contributed by atoms with van der Waals surface area (Å²) in [4.78, 5) is 22.2. The lowest BCUT2D eigenvalue weighted by Gasteiger charge is -2.05. The lowest BCUT2D eigenvalue weighted by molar-refractivity contribution is -0.144. The summed E-state index contributed by atoms with van der Waals surface area (Å²) in [6.07, 6.45) is 0.637. The summed E-state index contributed by atoms with van der Waals surface area (Å²) in [6.45, 7) is 2.38. The molecule has 1 rings (SSSR count). The molecule has 0 aliphatic rings. The smallest absolute Gasteiger partial charge is 0.307 e. The molecule has 0 saturated heterocycles. The van der Waals surface area contributed by atoms with Crippen molar-refractivity contribution in [2.45, 2.75) is 26.4 Å². The number of amides is 1. The Morgan fingerprint density at radius 2 is 1.94 bits per heavy atom. The highest BCUT2D eigenvalue weighted by atomic mass is 16.5. The van der Waals surface area contributed by atoms with Crippen LogP contribution >= 0.6 is 0 Å². The van der Waals surface area contributed by atoms with Crippen LogP contribution in [0, 0.1) is 0 Å². The maximum absolute atomic E-state index is 11.3. The van der Waals surface area contributed by atoms with Gasteiger partial charge in [0.1, 0.15) is 6.61 Å². The Bertz CT molecular complexity index is 362. The SMILES string of the molecule is CCC(=O)NCCC(=O)OCc1ccccc1. The van der Waals surface area contributed by atoms with E-state index in [-0.39, 0.29) is 24.9 Å². The first-order valence-corrected chi connectivity index (χ1v) is 5.68. The van der Waals surface area contributed by atoms with E-state index in [1.807, 2.05) is 30.3 Å². The molecular formula is C13H17NO3. The van der Waals surface area contributed by atoms with E-state index in [1.165, 1.54) is 0 Å². The Hall–Kier alpha value is -1.84. The van der Waals surface area contributed by atoms with Crippen molar-refractivity contribution in [3.63, 3.8) is 0 Å². The highest BCUT2D eigenvalue weighted by Gasteiger charge is 2.04. The molecule has 1 amide bonds. The zero-order chi connectivity index (χ0) is 12.5. The van der Waals surface area contributed by atoms with Crippen molar-refractivity contribution in [3.05, 3.63) is 35.9 Å². The number of hydrogen-bond donors (Lipinski definition) is 1. The van der Waals surface area contributed by atoms with Crippen molar-refractivity contribution in [3.8, 4) is 0 Å². The van der Waals surface area contributed by atoms with Gasteiger partial charge >= 0.3 is 5.97 Å². The molecule has 0 atom stereocenters. The van der Waals surface area contributed by atoms with Crippen LogP contribution in [0.5, 0.6) is 0 Å². The van der Waals surface area contributed by atoms with Crippen LogP contribution in [0.15, 0.2) is 30.3 Å². The zero-order valence-electron chi connectivity index (χ0n) is 9.94. The Balaban J connectivity index is 2.16. The number of benzene rings is 1. The molecule has 0 spiro atoms. The molecule has 17 heavy (non-hydrogen) atoms. The molecule has 1 N–H and O–H groups in total. The molecule has 0 saturated carbocycles. The van der Waals surface area contributed by atoms with Gasteiger partial charge in [-0.1, -0.05) is 37.3 Å². The van der Waals surface area contributed by atoms with E-state index in [4.69, 9.17) is 4.74 Å². The Kier molecular flexibility index (Phi) is 5.79. The predicted octanol–water partition coefficient (Wildman–Crippen LogP) is 1.65. The van der Waals surface area contributed by atoms with Gasteiger partial charge in [-0.15, -0.1) is 0 Å². The molecule has 0 bridgehead atoms. The van der Waals surface area contributed by atoms with E-state index in [0.29, 0.717) is 13.0 Å². The van der Waals surface area contributed by atoms with E-state index in [2.05, 4.69) is 5.32 Å². The lowest BCUT2D eigenvalue weighted by Crippen LogP contribution is -2.25. The van der Waals surface area contributed by atoms with E-state index < -0.39 is 0 Å². The van der Waals surface area contributed by atoms with Gasteiger partial charge in [0.25, 0.3) is 0 Å². The topological polar surface area (TPSA) is 55.4 Å². The summed E-state index contributed by atoms with van der Waals surface area (Å²) < 4.78 is 5.05. The van der Waals surface area contributed by atoms with Crippen LogP contribution in [0.25, 0.3) is 0 Å². The molecule has 0 aromatic heterocycles. The maximum Gasteiger partial charge on any atom is 0.307 e. The number of carbonyl (C=O) groups is 2. The third-order valence-corrected chi connectivity index (χ3v) is 2.22. The van der Waals surface area contributed by atoms with Gasteiger partial charge in [-0.05, 0) is 5.56 Å². The van der Waals surface area contributed by atoms with Crippen LogP contribution < -0.4 is 5.32 Å². The number of rotatable bonds is 6. The molecular weight excluding hydrogens is 218 g/mol. The van der Waals surface area contributed by atoms with Gasteiger partial charge in [0.05, 0.1) is 6.42 Å². The predicted molar refractivity (Wildman–Crippen MR) is 64.2 cm³/mol. The van der Waals surface area contributed by atoms with Gasteiger partial charge in [-0.25, -0.2) is 0 Å². The van der Waals surface area contributed by atoms with E-state index >= 15 is 0 Å². The second kappa shape index (κ2) is 7.44. The first-order chi connectivity index (χ1) is 8.22. The number of ether oxygens (including phenoxy) is 1. The van der Waals surface area contributed by atoms with Crippen molar-refractivity contribution in [1.82, 2.24) is 5.32 Å². The summed E-state index contributed by atoms with van der Waals surface area (Å²) in [7, 11) is 0. The summed E-state index contributed by atoms with van der Waals surface area (Å²) in [6, 6.07) is 9.49. The minimum atomic E-state index is -0.301. The van der Waals surface area contributed by atoms with Gasteiger partial charge in [0, 0.05) is 13.0 Å². The first-order valence-electron chi connectivity index (χ1n) is 5.68. The number of carbonyl (C=O) groups excluding carboxylic acids is 2. The van der Waals surface area contributed by atoms with Crippen LogP contribution in [0.3, 0.4) is 0 Å². The van der Waals surface area contributed by atoms with Crippen LogP contribution in [-0.4, -0.2) is 18.4 Å². The minimum Gasteiger partial charge on any atom is -0.461 e. The summed E-state index contributed by atoms with van der Waals surface area (Å²) >= 11 is 0. The Morgan fingerprint density at radius 3 is 2.59 bits per heavy atom. The van der Waals surface area contributed by atoms with Crippen LogP contribution in [0.4, 0.5) is 0 Å². The average Bonchev–Trinajstić information content (AvgIpc) is 2.37. The van der Waals surface area contributed by atoms with Crippen molar-refractivity contribution in [2.24, 2.45) is 0 Å². The van der Waals surface area contributed by atoms with E-state index in [9.17, 15) is 9.59 Å². The minimum absolute atomic E-state index is 0.0548. The number of nitrogens with one attached hydrogen (secondary N) is 1. The third-order valence-electron chi connectivity index (χ3n) is 2.22. The quantitative estimate of drug-likeness (QED) is 0.763. The summed E-state index contributed by atoms with van der Waals surface area (Å²) in [5, 5.41) is 2.62. The highest BCUT2D eigenvalue weighted by molar-refractivity contribution is 5.76. The fourth-order valence-electron chi connectivity index (χ4n) is 1.24. The molecule has 0 heterocycles. The normalized spacial score (nSPS) is 9.71. The molecule has 1 aromatic carbocycles. The average molecular weight is 235 g/mol. The standard InChI is InChI=1S/C13H17NO3/c1-2-12(15)14-9-8-13(16)17-10-11-6-4-3-5-7-11/h3-7H,2,8-10H2,1H3,(H,14,15). The Labute approximate surface area is 101 Å². The van der Waals surface area contributed by atoms with Gasteiger partial charge < -0.3 is 10.1 Å². The molecule has 0 unspecified atom stereocenters. The van der Waals surface area contributed by atoms with Crippen molar-refractivity contribution >= 4 is 11.9 Å². The van der Waals surface area contributed by atoms with Gasteiger partial charge in [-0.3, -0.25) is 9.59 Å². The van der Waals surface area contributed by atoms with Gasteiger partial charge in [0.2, 0.25) is 5.91 Å². The Morgan fingerprint density at radius 1 is 1.24 bits per heavy atom. The van der Waals surface area contributed by atoms with Gasteiger partial charge in [0.15, 0.2) is 0 Å². The van der Waals surface area contributed by atoms with Crippen molar-refractivity contribution < 1.29 is 14.3 Å². The molecule has 0 fully saturated rings. The van der Waals surface area contributed by atoms with Gasteiger partial charge in [-0.2, -0.15) is 0 Å². The molecule has 4 nitrogen and oxygen atoms in total. The fourth-order valence-corrected chi connectivity index (χ4v) is 1.24. The van der Waals surface area contributed by atoms with Crippen LogP contribution in [0.2, 0.25) is 0 Å². The lowest BCUT2D eigenvalue weighted by atomic mass is 10.2. The number of esters is 1. The zero-order valence-corrected chi connectivity index (χ0v) is 9.94. The maximum atomic E-state index is 11.3. The van der Waals surface area contributed by atoms with Crippen molar-refractivity contribution in [1.29, 1.82) is 0 Å². The molecule has 0 aliphatic heterocycles. The summed E-state index contributed by atoms with van der Waals surface area (Å²) in [5.41, 5.74) is 0.957. The fraction of sp³-hybridized carbons (Fsp3) is 0.385. The van der Waals surface area contributed by atoms with Crippen LogP contribution in [-0.2, 0) is 20.9 Å². The molecule has 92 valence electrons. The summed E-state index contributed by atoms with van der Waals surface area (Å²) in [5.74, 6) is -0.355. The molecule has 1 aromatic rings. The monoisotopic (exact) mass is 235 g/mol. The molecule has 4 heteroatoms. The van der Waals surface area contributed by atoms with Crippen molar-refractivity contribution in [2.75, 3.05) is 6.54 Å². The second-order valence-electron chi connectivity index (χ2n) is 3.60. The second-order valence-corrected chi connectivity index (χ2v) is 3.60. The largest absolute Gasteiger partial charge is 0.461 e. The van der Waals surface area contributed by atoms with E-state index in [1.54, 1.807) is 6.92 Å². The van der Waals surface area contributed by atoms with E-state index in [0.717, 1.165) is 5.56 Å². The highest BCUT2D eigenvalue weighted by Crippen LogP contribution is 2.01. The first kappa shape index (κ1) is 13.2.